The lowest BCUT2D eigenvalue weighted by Gasteiger charge is -2.33. The van der Waals surface area contributed by atoms with E-state index in [0.717, 1.165) is 59.1 Å². The van der Waals surface area contributed by atoms with Crippen molar-refractivity contribution >= 4 is 29.3 Å². The second-order valence-electron chi connectivity index (χ2n) is 14.5. The van der Waals surface area contributed by atoms with Crippen molar-refractivity contribution < 1.29 is 38.9 Å². The smallest absolute Gasteiger partial charge is 0.320 e. The largest absolute Gasteiger partial charge is 0.496 e. The minimum Gasteiger partial charge on any atom is -0.496 e. The highest BCUT2D eigenvalue weighted by molar-refractivity contribution is 6.04. The van der Waals surface area contributed by atoms with E-state index in [1.165, 1.54) is 14.2 Å². The van der Waals surface area contributed by atoms with Gasteiger partial charge in [-0.05, 0) is 86.5 Å². The van der Waals surface area contributed by atoms with Crippen molar-refractivity contribution in [1.82, 2.24) is 19.8 Å². The third-order valence-electron chi connectivity index (χ3n) is 11.1. The molecule has 0 bridgehead atoms. The number of aliphatic carboxylic acids is 2. The van der Waals surface area contributed by atoms with Crippen LogP contribution in [0.1, 0.15) is 87.3 Å². The van der Waals surface area contributed by atoms with Gasteiger partial charge in [0, 0.05) is 60.9 Å². The van der Waals surface area contributed by atoms with E-state index in [1.807, 2.05) is 60.0 Å². The third-order valence-corrected chi connectivity index (χ3v) is 11.1. The summed E-state index contributed by atoms with van der Waals surface area (Å²) in [5.41, 5.74) is 6.86. The van der Waals surface area contributed by atoms with Crippen LogP contribution in [-0.2, 0) is 29.1 Å². The molecule has 0 spiro atoms. The molecule has 2 saturated heterocycles. The van der Waals surface area contributed by atoms with E-state index in [2.05, 4.69) is 15.3 Å². The molecule has 4 heterocycles. The second-order valence-corrected chi connectivity index (χ2v) is 14.5. The highest BCUT2D eigenvalue weighted by atomic mass is 16.5. The fourth-order valence-electron chi connectivity index (χ4n) is 7.86. The topological polar surface area (TPSA) is 171 Å². The van der Waals surface area contributed by atoms with Gasteiger partial charge in [-0.3, -0.25) is 38.9 Å². The van der Waals surface area contributed by atoms with Crippen LogP contribution in [0.2, 0.25) is 0 Å². The molecule has 0 aliphatic carbocycles. The molecule has 294 valence electrons. The maximum atomic E-state index is 13.6. The van der Waals surface area contributed by atoms with Gasteiger partial charge in [-0.1, -0.05) is 43.2 Å². The Balaban J connectivity index is 1.16. The van der Waals surface area contributed by atoms with Gasteiger partial charge in [0.05, 0.1) is 14.2 Å². The summed E-state index contributed by atoms with van der Waals surface area (Å²) >= 11 is 0. The predicted molar refractivity (Wildman–Crippen MR) is 210 cm³/mol. The maximum Gasteiger partial charge on any atom is 0.320 e. The average molecular weight is 764 g/mol. The van der Waals surface area contributed by atoms with Gasteiger partial charge >= 0.3 is 11.9 Å². The van der Waals surface area contributed by atoms with Crippen LogP contribution in [0, 0.1) is 13.8 Å². The Bertz CT molecular complexity index is 1970. The molecule has 2 aromatic carbocycles. The van der Waals surface area contributed by atoms with Crippen molar-refractivity contribution in [3.63, 3.8) is 0 Å². The third kappa shape index (κ3) is 8.90. The summed E-state index contributed by atoms with van der Waals surface area (Å²) in [6.45, 7) is 5.95. The number of amides is 1. The number of hydrogen-bond acceptors (Lipinski definition) is 10. The van der Waals surface area contributed by atoms with Gasteiger partial charge in [-0.2, -0.15) is 0 Å². The zero-order chi connectivity index (χ0) is 39.9. The Labute approximate surface area is 326 Å². The fourth-order valence-corrected chi connectivity index (χ4v) is 7.86. The number of nitrogens with zero attached hydrogens (tertiary/aromatic N) is 4. The number of benzene rings is 2. The minimum atomic E-state index is -0.844. The number of hydrogen-bond donors (Lipinski definition) is 3. The Morgan fingerprint density at radius 1 is 0.714 bits per heavy atom. The summed E-state index contributed by atoms with van der Waals surface area (Å²) in [5.74, 6) is -1.32. The van der Waals surface area contributed by atoms with Crippen LogP contribution in [-0.4, -0.2) is 93.0 Å². The lowest BCUT2D eigenvalue weighted by Crippen LogP contribution is -2.44. The predicted octanol–water partition coefficient (Wildman–Crippen LogP) is 6.33. The summed E-state index contributed by atoms with van der Waals surface area (Å²) < 4.78 is 11.2. The van der Waals surface area contributed by atoms with Crippen LogP contribution in [0.15, 0.2) is 60.9 Å². The first-order chi connectivity index (χ1) is 27.0. The van der Waals surface area contributed by atoms with Crippen molar-refractivity contribution in [3.05, 3.63) is 100 Å². The minimum absolute atomic E-state index is 0.107. The Hall–Kier alpha value is -5.66. The number of nitrogens with one attached hydrogen (secondary N) is 1. The zero-order valence-electron chi connectivity index (χ0n) is 32.3. The Morgan fingerprint density at radius 2 is 1.23 bits per heavy atom. The summed E-state index contributed by atoms with van der Waals surface area (Å²) in [5, 5.41) is 22.4. The number of methoxy groups -OCH3 is 2. The number of carboxylic acid groups (broad SMARTS) is 2. The van der Waals surface area contributed by atoms with Crippen LogP contribution < -0.4 is 14.8 Å². The molecule has 1 amide bonds. The number of ketones is 1. The van der Waals surface area contributed by atoms with Gasteiger partial charge in [0.2, 0.25) is 0 Å². The zero-order valence-corrected chi connectivity index (χ0v) is 32.3. The number of carbonyl (C=O) groups excluding carboxylic acids is 2. The normalized spacial score (nSPS) is 17.6. The SMILES string of the molecule is COc1cc(C(=O)Cc2cccc(-c3cccc(NC(=O)c4cc(OC)c(CN5CCCC[C@H]5C(=O)O)cn4)c3C)c2C)ncc1CN1CCCC[C@H]1C(=O)O. The van der Waals surface area contributed by atoms with E-state index in [9.17, 15) is 29.4 Å². The molecule has 0 radical (unpaired) electrons. The lowest BCUT2D eigenvalue weighted by molar-refractivity contribution is -0.145. The molecule has 2 aliphatic rings. The molecule has 2 aliphatic heterocycles. The maximum absolute atomic E-state index is 13.6. The average Bonchev–Trinajstić information content (AvgIpc) is 3.20. The van der Waals surface area contributed by atoms with Gasteiger partial charge < -0.3 is 25.0 Å². The van der Waals surface area contributed by atoms with Crippen molar-refractivity contribution in [1.29, 1.82) is 0 Å². The molecule has 2 aromatic heterocycles. The molecule has 3 N–H and O–H groups in total. The first kappa shape index (κ1) is 40.0. The highest BCUT2D eigenvalue weighted by Gasteiger charge is 2.31. The summed E-state index contributed by atoms with van der Waals surface area (Å²) in [7, 11) is 3.05. The van der Waals surface area contributed by atoms with E-state index in [1.54, 1.807) is 24.5 Å². The number of anilines is 1. The molecular formula is C43H49N5O8. The molecule has 2 atom stereocenters. The van der Waals surface area contributed by atoms with E-state index in [4.69, 9.17) is 9.47 Å². The van der Waals surface area contributed by atoms with Crippen molar-refractivity contribution in [2.75, 3.05) is 32.6 Å². The number of carboxylic acids is 2. The lowest BCUT2D eigenvalue weighted by atomic mass is 9.91. The fraction of sp³-hybridized carbons (Fsp3) is 0.395. The van der Waals surface area contributed by atoms with Crippen molar-refractivity contribution in [2.45, 2.75) is 84.0 Å². The number of likely N-dealkylation sites (tertiary alicyclic amines) is 2. The Kier molecular flexibility index (Phi) is 12.8. The number of aromatic nitrogens is 2. The first-order valence-electron chi connectivity index (χ1n) is 19.0. The van der Waals surface area contributed by atoms with E-state index in [-0.39, 0.29) is 23.6 Å². The molecule has 0 saturated carbocycles. The number of pyridine rings is 2. The monoisotopic (exact) mass is 763 g/mol. The van der Waals surface area contributed by atoms with Gasteiger partial charge in [0.1, 0.15) is 35.0 Å². The van der Waals surface area contributed by atoms with E-state index >= 15 is 0 Å². The van der Waals surface area contributed by atoms with Gasteiger partial charge in [-0.25, -0.2) is 0 Å². The number of piperidine rings is 2. The van der Waals surface area contributed by atoms with Crippen LogP contribution in [0.3, 0.4) is 0 Å². The molecule has 6 rings (SSSR count). The van der Waals surface area contributed by atoms with Crippen LogP contribution >= 0.6 is 0 Å². The van der Waals surface area contributed by atoms with Gasteiger partial charge in [-0.15, -0.1) is 0 Å². The van der Waals surface area contributed by atoms with E-state index < -0.39 is 29.9 Å². The van der Waals surface area contributed by atoms with Gasteiger partial charge in [0.25, 0.3) is 5.91 Å². The molecule has 2 fully saturated rings. The molecule has 56 heavy (non-hydrogen) atoms. The second kappa shape index (κ2) is 17.9. The van der Waals surface area contributed by atoms with Crippen LogP contribution in [0.4, 0.5) is 5.69 Å². The Morgan fingerprint density at radius 3 is 1.79 bits per heavy atom. The molecular weight excluding hydrogens is 714 g/mol. The molecule has 13 nitrogen and oxygen atoms in total. The first-order valence-corrected chi connectivity index (χ1v) is 19.0. The number of Topliss-reactive ketones (excluding diaryl/α,β-unsaturated/α-hetero) is 1. The van der Waals surface area contributed by atoms with Crippen molar-refractivity contribution in [2.24, 2.45) is 0 Å². The number of rotatable bonds is 14. The van der Waals surface area contributed by atoms with Gasteiger partial charge in [0.15, 0.2) is 5.78 Å². The number of carbonyl (C=O) groups is 4. The summed E-state index contributed by atoms with van der Waals surface area (Å²) in [4.78, 5) is 63.5. The number of ether oxygens (including phenoxy) is 2. The van der Waals surface area contributed by atoms with E-state index in [0.29, 0.717) is 61.8 Å². The van der Waals surface area contributed by atoms with Crippen molar-refractivity contribution in [3.8, 4) is 22.6 Å². The quantitative estimate of drug-likeness (QED) is 0.122. The summed E-state index contributed by atoms with van der Waals surface area (Å²) in [6, 6.07) is 13.6. The molecule has 13 heteroatoms. The molecule has 0 unspecified atom stereocenters. The van der Waals surface area contributed by atoms with Crippen LogP contribution in [0.5, 0.6) is 11.5 Å². The molecule has 4 aromatic rings. The summed E-state index contributed by atoms with van der Waals surface area (Å²) in [6.07, 6.45) is 8.07. The van der Waals surface area contributed by atoms with Crippen LogP contribution in [0.25, 0.3) is 11.1 Å². The standard InChI is InChI=1S/C43H49N5O8/c1-26-28(19-38(49)34-20-39(55-3)29(22-44-34)24-47-17-7-5-15-36(47)42(51)52)11-9-12-31(26)32-13-10-14-33(27(32)2)46-41(50)35-21-40(56-4)30(23-45-35)25-48-18-8-6-16-37(48)43(53)54/h9-14,20-23,36-37H,5-8,15-19,24-25H2,1-4H3,(H,46,50)(H,51,52)(H,53,54)/t36-,37-/m0/s1. The highest BCUT2D eigenvalue weighted by Crippen LogP contribution is 2.34.